The lowest BCUT2D eigenvalue weighted by Crippen LogP contribution is -2.16. The van der Waals surface area contributed by atoms with E-state index in [2.05, 4.69) is 9.72 Å². The summed E-state index contributed by atoms with van der Waals surface area (Å²) >= 11 is 0. The van der Waals surface area contributed by atoms with Crippen LogP contribution in [0.15, 0.2) is 84.9 Å². The van der Waals surface area contributed by atoms with Crippen LogP contribution in [0.25, 0.3) is 33.6 Å². The Kier molecular flexibility index (Phi) is 5.25. The molecule has 0 spiro atoms. The molecule has 4 rings (SSSR count). The Bertz CT molecular complexity index is 1120. The van der Waals surface area contributed by atoms with Crippen molar-refractivity contribution in [2.75, 3.05) is 0 Å². The lowest BCUT2D eigenvalue weighted by Gasteiger charge is -2.12. The molecule has 0 fully saturated rings. The van der Waals surface area contributed by atoms with Crippen molar-refractivity contribution in [1.29, 1.82) is 0 Å². The van der Waals surface area contributed by atoms with E-state index in [9.17, 15) is 23.4 Å². The van der Waals surface area contributed by atoms with Gasteiger partial charge in [-0.15, -0.1) is 13.2 Å². The first kappa shape index (κ1) is 20.3. The highest BCUT2D eigenvalue weighted by molar-refractivity contribution is 5.77. The second kappa shape index (κ2) is 8.02. The number of rotatable bonds is 4. The fraction of sp³-hybridized carbons (Fsp3) is 0.0417. The number of aromatic hydroxyl groups is 2. The van der Waals surface area contributed by atoms with E-state index in [1.54, 1.807) is 48.5 Å². The summed E-state index contributed by atoms with van der Waals surface area (Å²) in [6, 6.07) is 22.3. The minimum absolute atomic E-state index is 0.124. The van der Waals surface area contributed by atoms with E-state index >= 15 is 0 Å². The molecule has 2 N–H and O–H groups in total. The molecule has 1 heterocycles. The molecular weight excluding hydrogens is 407 g/mol. The highest BCUT2D eigenvalue weighted by Gasteiger charge is 2.31. The standard InChI is InChI=1S/C24H16F3NO3/c25-24(26,27)31-21-11-5-15(6-12-21)18-13-22(16-1-7-19(29)8-2-16)28-23(14-18)17-3-9-20(30)10-4-17/h1-14,29-30H. The molecule has 31 heavy (non-hydrogen) atoms. The monoisotopic (exact) mass is 423 g/mol. The summed E-state index contributed by atoms with van der Waals surface area (Å²) in [6.07, 6.45) is -4.75. The normalized spacial score (nSPS) is 11.3. The fourth-order valence-electron chi connectivity index (χ4n) is 3.11. The van der Waals surface area contributed by atoms with Gasteiger partial charge in [-0.2, -0.15) is 0 Å². The van der Waals surface area contributed by atoms with Gasteiger partial charge in [0.1, 0.15) is 17.2 Å². The van der Waals surface area contributed by atoms with E-state index in [4.69, 9.17) is 0 Å². The predicted octanol–water partition coefficient (Wildman–Crippen LogP) is 6.39. The summed E-state index contributed by atoms with van der Waals surface area (Å²) in [4.78, 5) is 4.69. The largest absolute Gasteiger partial charge is 0.573 e. The lowest BCUT2D eigenvalue weighted by atomic mass is 10.00. The van der Waals surface area contributed by atoms with Crippen LogP contribution >= 0.6 is 0 Å². The molecule has 0 aliphatic carbocycles. The fourth-order valence-corrected chi connectivity index (χ4v) is 3.11. The van der Waals surface area contributed by atoms with E-state index in [-0.39, 0.29) is 17.2 Å². The third-order valence-electron chi connectivity index (χ3n) is 4.57. The van der Waals surface area contributed by atoms with Crippen molar-refractivity contribution in [1.82, 2.24) is 4.98 Å². The van der Waals surface area contributed by atoms with Crippen molar-refractivity contribution in [3.05, 3.63) is 84.9 Å². The van der Waals surface area contributed by atoms with Crippen LogP contribution in [0.1, 0.15) is 0 Å². The SMILES string of the molecule is Oc1ccc(-c2cc(-c3ccc(OC(F)(F)F)cc3)cc(-c3ccc(O)cc3)n2)cc1. The van der Waals surface area contributed by atoms with Gasteiger partial charge in [0.2, 0.25) is 0 Å². The highest BCUT2D eigenvalue weighted by atomic mass is 19.4. The first-order chi connectivity index (χ1) is 14.8. The Hall–Kier alpha value is -4.00. The van der Waals surface area contributed by atoms with Crippen LogP contribution in [0.3, 0.4) is 0 Å². The van der Waals surface area contributed by atoms with Crippen LogP contribution in [0.5, 0.6) is 17.2 Å². The van der Waals surface area contributed by atoms with Gasteiger partial charge in [0.15, 0.2) is 0 Å². The molecule has 156 valence electrons. The molecule has 0 atom stereocenters. The zero-order valence-electron chi connectivity index (χ0n) is 16.0. The molecule has 4 aromatic rings. The Morgan fingerprint density at radius 3 is 1.42 bits per heavy atom. The van der Waals surface area contributed by atoms with Crippen molar-refractivity contribution < 1.29 is 28.1 Å². The lowest BCUT2D eigenvalue weighted by molar-refractivity contribution is -0.274. The third-order valence-corrected chi connectivity index (χ3v) is 4.57. The number of ether oxygens (including phenoxy) is 1. The van der Waals surface area contributed by atoms with Gasteiger partial charge in [-0.05, 0) is 83.9 Å². The number of benzene rings is 3. The average Bonchev–Trinajstić information content (AvgIpc) is 2.74. The van der Waals surface area contributed by atoms with Crippen LogP contribution in [0, 0.1) is 0 Å². The number of hydrogen-bond donors (Lipinski definition) is 2. The Morgan fingerprint density at radius 2 is 1.00 bits per heavy atom. The molecule has 0 aliphatic heterocycles. The predicted molar refractivity (Wildman–Crippen MR) is 111 cm³/mol. The highest BCUT2D eigenvalue weighted by Crippen LogP contribution is 2.32. The molecule has 7 heteroatoms. The number of nitrogens with zero attached hydrogens (tertiary/aromatic N) is 1. The van der Waals surface area contributed by atoms with Gasteiger partial charge in [0.05, 0.1) is 11.4 Å². The Morgan fingerprint density at radius 1 is 0.581 bits per heavy atom. The average molecular weight is 423 g/mol. The molecule has 0 amide bonds. The molecular formula is C24H16F3NO3. The molecule has 1 aromatic heterocycles. The smallest absolute Gasteiger partial charge is 0.508 e. The maximum Gasteiger partial charge on any atom is 0.573 e. The van der Waals surface area contributed by atoms with Crippen molar-refractivity contribution >= 4 is 0 Å². The maximum absolute atomic E-state index is 12.4. The minimum Gasteiger partial charge on any atom is -0.508 e. The van der Waals surface area contributed by atoms with Crippen molar-refractivity contribution in [3.63, 3.8) is 0 Å². The van der Waals surface area contributed by atoms with E-state index in [1.807, 2.05) is 12.1 Å². The number of halogens is 3. The minimum atomic E-state index is -4.75. The van der Waals surface area contributed by atoms with E-state index in [1.165, 1.54) is 24.3 Å². The van der Waals surface area contributed by atoms with Crippen molar-refractivity contribution in [2.24, 2.45) is 0 Å². The van der Waals surface area contributed by atoms with Crippen molar-refractivity contribution in [2.45, 2.75) is 6.36 Å². The van der Waals surface area contributed by atoms with Gasteiger partial charge in [0.25, 0.3) is 0 Å². The van der Waals surface area contributed by atoms with Gasteiger partial charge in [0, 0.05) is 11.1 Å². The second-order valence-corrected chi connectivity index (χ2v) is 6.79. The summed E-state index contributed by atoms with van der Waals surface area (Å²) in [5.41, 5.74) is 4.18. The Balaban J connectivity index is 1.79. The summed E-state index contributed by atoms with van der Waals surface area (Å²) in [6.45, 7) is 0. The van der Waals surface area contributed by atoms with Gasteiger partial charge in [-0.1, -0.05) is 12.1 Å². The summed E-state index contributed by atoms with van der Waals surface area (Å²) < 4.78 is 41.3. The third kappa shape index (κ3) is 4.95. The number of phenols is 2. The summed E-state index contributed by atoms with van der Waals surface area (Å²) in [5.74, 6) is -0.0549. The van der Waals surface area contributed by atoms with Gasteiger partial charge in [-0.3, -0.25) is 0 Å². The number of alkyl halides is 3. The van der Waals surface area contributed by atoms with Gasteiger partial charge >= 0.3 is 6.36 Å². The molecule has 0 unspecified atom stereocenters. The maximum atomic E-state index is 12.4. The number of pyridine rings is 1. The summed E-state index contributed by atoms with van der Waals surface area (Å²) in [5, 5.41) is 19.1. The molecule has 4 nitrogen and oxygen atoms in total. The zero-order chi connectivity index (χ0) is 22.0. The zero-order valence-corrected chi connectivity index (χ0v) is 16.0. The molecule has 0 radical (unpaired) electrons. The molecule has 3 aromatic carbocycles. The van der Waals surface area contributed by atoms with Gasteiger partial charge < -0.3 is 14.9 Å². The molecule has 0 bridgehead atoms. The molecule has 0 saturated heterocycles. The van der Waals surface area contributed by atoms with E-state index in [0.717, 1.165) is 16.7 Å². The van der Waals surface area contributed by atoms with Crippen LogP contribution < -0.4 is 4.74 Å². The summed E-state index contributed by atoms with van der Waals surface area (Å²) in [7, 11) is 0. The second-order valence-electron chi connectivity index (χ2n) is 6.79. The Labute approximate surface area is 175 Å². The topological polar surface area (TPSA) is 62.6 Å². The number of phenolic OH excluding ortho intramolecular Hbond substituents is 2. The van der Waals surface area contributed by atoms with Crippen molar-refractivity contribution in [3.8, 4) is 50.9 Å². The number of hydrogen-bond acceptors (Lipinski definition) is 4. The molecule has 0 saturated carbocycles. The van der Waals surface area contributed by atoms with Crippen LogP contribution in [0.2, 0.25) is 0 Å². The molecule has 0 aliphatic rings. The van der Waals surface area contributed by atoms with E-state index in [0.29, 0.717) is 17.0 Å². The van der Waals surface area contributed by atoms with Crippen LogP contribution in [-0.2, 0) is 0 Å². The van der Waals surface area contributed by atoms with Crippen LogP contribution in [0.4, 0.5) is 13.2 Å². The quantitative estimate of drug-likeness (QED) is 0.399. The number of aromatic nitrogens is 1. The first-order valence-corrected chi connectivity index (χ1v) is 9.24. The van der Waals surface area contributed by atoms with E-state index < -0.39 is 6.36 Å². The first-order valence-electron chi connectivity index (χ1n) is 9.24. The van der Waals surface area contributed by atoms with Gasteiger partial charge in [-0.25, -0.2) is 4.98 Å². The van der Waals surface area contributed by atoms with Crippen LogP contribution in [-0.4, -0.2) is 21.6 Å².